The lowest BCUT2D eigenvalue weighted by Crippen LogP contribution is -2.62. The molecule has 0 bridgehead atoms. The van der Waals surface area contributed by atoms with Crippen LogP contribution in [0.2, 0.25) is 0 Å². The van der Waals surface area contributed by atoms with E-state index in [9.17, 15) is 23.9 Å². The molecule has 1 aromatic heterocycles. The number of nitrogens with one attached hydrogen (secondary N) is 1. The van der Waals surface area contributed by atoms with Gasteiger partial charge in [-0.2, -0.15) is 0 Å². The van der Waals surface area contributed by atoms with Crippen LogP contribution in [-0.2, 0) is 11.3 Å². The Bertz CT molecular complexity index is 1410. The number of aromatic nitrogens is 1. The third-order valence-electron chi connectivity index (χ3n) is 10.8. The van der Waals surface area contributed by atoms with Crippen molar-refractivity contribution in [1.82, 2.24) is 19.7 Å². The number of hydrogen-bond acceptors (Lipinski definition) is 5. The summed E-state index contributed by atoms with van der Waals surface area (Å²) in [6.07, 6.45) is 10.0. The molecule has 232 valence electrons. The lowest BCUT2D eigenvalue weighted by molar-refractivity contribution is -0.163. The van der Waals surface area contributed by atoms with E-state index >= 15 is 0 Å². The normalized spacial score (nSPS) is 24.6. The fraction of sp³-hybridized carbons (Fsp3) is 0.618. The molecule has 2 saturated carbocycles. The Balaban J connectivity index is 1.31. The Kier molecular flexibility index (Phi) is 8.48. The molecule has 1 unspecified atom stereocenters. The van der Waals surface area contributed by atoms with E-state index in [2.05, 4.69) is 5.32 Å². The van der Waals surface area contributed by atoms with Crippen LogP contribution in [0.4, 0.5) is 4.39 Å². The molecule has 9 heteroatoms. The van der Waals surface area contributed by atoms with Crippen molar-refractivity contribution in [3.05, 3.63) is 58.3 Å². The van der Waals surface area contributed by atoms with Gasteiger partial charge in [0.2, 0.25) is 5.91 Å². The number of benzene rings is 1. The quantitative estimate of drug-likeness (QED) is 0.506. The van der Waals surface area contributed by atoms with Crippen molar-refractivity contribution in [2.45, 2.75) is 76.9 Å². The van der Waals surface area contributed by atoms with Crippen molar-refractivity contribution in [2.75, 3.05) is 39.3 Å². The summed E-state index contributed by atoms with van der Waals surface area (Å²) in [5.41, 5.74) is -1.37. The molecule has 2 N–H and O–H groups in total. The van der Waals surface area contributed by atoms with Gasteiger partial charge in [-0.3, -0.25) is 14.4 Å². The van der Waals surface area contributed by atoms with Gasteiger partial charge in [0, 0.05) is 74.0 Å². The Morgan fingerprint density at radius 2 is 1.74 bits per heavy atom. The first kappa shape index (κ1) is 30.0. The maximum Gasteiger partial charge on any atom is 0.256 e. The summed E-state index contributed by atoms with van der Waals surface area (Å²) in [6, 6.07) is 7.54. The molecule has 0 radical (unpaired) electrons. The first-order chi connectivity index (χ1) is 20.7. The summed E-state index contributed by atoms with van der Waals surface area (Å²) in [5, 5.41) is 15.6. The number of aliphatic hydroxyl groups is 1. The summed E-state index contributed by atoms with van der Waals surface area (Å²) in [4.78, 5) is 44.7. The minimum absolute atomic E-state index is 0.0259. The van der Waals surface area contributed by atoms with Crippen LogP contribution in [0.25, 0.3) is 11.1 Å². The van der Waals surface area contributed by atoms with Crippen LogP contribution in [0.3, 0.4) is 0 Å². The zero-order valence-corrected chi connectivity index (χ0v) is 25.3. The van der Waals surface area contributed by atoms with Crippen LogP contribution < -0.4 is 10.9 Å². The zero-order valence-electron chi connectivity index (χ0n) is 25.3. The van der Waals surface area contributed by atoms with Gasteiger partial charge in [-0.25, -0.2) is 4.39 Å². The second-order valence-corrected chi connectivity index (χ2v) is 13.6. The SMILES string of the molecule is CC(CC1CCC1)C(=O)N1CC[C@](O)(Cn2cc(C(=O)N3CCNCC3)c(-c3ccccc3F)cc2=O)C2(CCCC2)C1. The number of piperazine rings is 1. The zero-order chi connectivity index (χ0) is 30.2. The average Bonchev–Trinajstić information content (AvgIpc) is 3.47. The van der Waals surface area contributed by atoms with E-state index in [-0.39, 0.29) is 46.5 Å². The fourth-order valence-corrected chi connectivity index (χ4v) is 8.02. The summed E-state index contributed by atoms with van der Waals surface area (Å²) in [6.45, 7) is 5.37. The lowest BCUT2D eigenvalue weighted by atomic mass is 9.65. The van der Waals surface area contributed by atoms with E-state index in [1.54, 1.807) is 23.1 Å². The predicted molar refractivity (Wildman–Crippen MR) is 163 cm³/mol. The van der Waals surface area contributed by atoms with Gasteiger partial charge in [0.15, 0.2) is 0 Å². The standard InChI is InChI=1S/C34H45FN4O4/c1-24(19-25-7-6-8-25)31(41)38-16-13-34(43,33(22-38)11-4-5-12-33)23-39-21-28(32(42)37-17-14-36-15-18-37)27(20-30(39)40)26-9-2-3-10-29(26)35/h2-3,9-10,20-21,24-25,36,43H,4-8,11-19,22-23H2,1H3/t24?,34-/m0/s1. The van der Waals surface area contributed by atoms with Crippen LogP contribution in [0, 0.1) is 23.1 Å². The second-order valence-electron chi connectivity index (χ2n) is 13.6. The van der Waals surface area contributed by atoms with Crippen molar-refractivity contribution in [2.24, 2.45) is 17.3 Å². The molecule has 6 rings (SSSR count). The van der Waals surface area contributed by atoms with Crippen LogP contribution in [-0.4, -0.2) is 76.2 Å². The van der Waals surface area contributed by atoms with Gasteiger partial charge in [-0.15, -0.1) is 0 Å². The molecule has 2 atom stereocenters. The highest BCUT2D eigenvalue weighted by Gasteiger charge is 2.56. The van der Waals surface area contributed by atoms with Gasteiger partial charge in [0.25, 0.3) is 11.5 Å². The molecular weight excluding hydrogens is 547 g/mol. The first-order valence-electron chi connectivity index (χ1n) is 16.2. The van der Waals surface area contributed by atoms with Gasteiger partial charge in [0.05, 0.1) is 17.7 Å². The Morgan fingerprint density at radius 1 is 1.02 bits per heavy atom. The van der Waals surface area contributed by atoms with E-state index < -0.39 is 16.8 Å². The Labute approximate surface area is 253 Å². The summed E-state index contributed by atoms with van der Waals surface area (Å²) in [7, 11) is 0. The largest absolute Gasteiger partial charge is 0.387 e. The van der Waals surface area contributed by atoms with E-state index in [1.165, 1.54) is 42.2 Å². The maximum absolute atomic E-state index is 15.0. The van der Waals surface area contributed by atoms with Crippen LogP contribution in [0.5, 0.6) is 0 Å². The van der Waals surface area contributed by atoms with Gasteiger partial charge in [-0.05, 0) is 37.7 Å². The van der Waals surface area contributed by atoms with Crippen molar-refractivity contribution in [3.8, 4) is 11.1 Å². The molecular formula is C34H45FN4O4. The number of piperidine rings is 1. The number of hydrogen-bond donors (Lipinski definition) is 2. The van der Waals surface area contributed by atoms with E-state index in [0.29, 0.717) is 51.6 Å². The van der Waals surface area contributed by atoms with Crippen LogP contribution in [0.1, 0.15) is 75.1 Å². The summed E-state index contributed by atoms with van der Waals surface area (Å²) < 4.78 is 16.4. The minimum Gasteiger partial charge on any atom is -0.387 e. The number of nitrogens with zero attached hydrogens (tertiary/aromatic N) is 3. The molecule has 3 heterocycles. The molecule has 2 amide bonds. The highest BCUT2D eigenvalue weighted by Crippen LogP contribution is 2.52. The average molecular weight is 593 g/mol. The minimum atomic E-state index is -1.21. The first-order valence-corrected chi connectivity index (χ1v) is 16.2. The Morgan fingerprint density at radius 3 is 2.42 bits per heavy atom. The second kappa shape index (κ2) is 12.2. The number of halogens is 1. The van der Waals surface area contributed by atoms with Crippen molar-refractivity contribution < 1.29 is 19.1 Å². The molecule has 8 nitrogen and oxygen atoms in total. The summed E-state index contributed by atoms with van der Waals surface area (Å²) in [5.74, 6) is 0.0501. The molecule has 43 heavy (non-hydrogen) atoms. The number of carbonyl (C=O) groups excluding carboxylic acids is 2. The molecule has 2 aliphatic carbocycles. The number of pyridine rings is 1. The highest BCUT2D eigenvalue weighted by atomic mass is 19.1. The lowest BCUT2D eigenvalue weighted by Gasteiger charge is -2.53. The van der Waals surface area contributed by atoms with Gasteiger partial charge >= 0.3 is 0 Å². The number of amides is 2. The van der Waals surface area contributed by atoms with Crippen molar-refractivity contribution in [1.29, 1.82) is 0 Å². The smallest absolute Gasteiger partial charge is 0.256 e. The third kappa shape index (κ3) is 5.78. The van der Waals surface area contributed by atoms with E-state index in [4.69, 9.17) is 0 Å². The van der Waals surface area contributed by atoms with Crippen molar-refractivity contribution >= 4 is 11.8 Å². The van der Waals surface area contributed by atoms with Crippen LogP contribution in [0.15, 0.2) is 41.3 Å². The maximum atomic E-state index is 15.0. The number of rotatable bonds is 7. The Hall–Kier alpha value is -3.04. The predicted octanol–water partition coefficient (Wildman–Crippen LogP) is 4.05. The van der Waals surface area contributed by atoms with E-state index in [1.807, 2.05) is 11.8 Å². The fourth-order valence-electron chi connectivity index (χ4n) is 8.02. The third-order valence-corrected chi connectivity index (χ3v) is 10.8. The van der Waals surface area contributed by atoms with Gasteiger partial charge in [0.1, 0.15) is 5.82 Å². The number of carbonyl (C=O) groups is 2. The van der Waals surface area contributed by atoms with Crippen molar-refractivity contribution in [3.63, 3.8) is 0 Å². The molecule has 4 aliphatic rings. The molecule has 1 aromatic carbocycles. The van der Waals surface area contributed by atoms with Gasteiger partial charge in [-0.1, -0.05) is 57.2 Å². The highest BCUT2D eigenvalue weighted by molar-refractivity contribution is 6.00. The summed E-state index contributed by atoms with van der Waals surface area (Å²) >= 11 is 0. The topological polar surface area (TPSA) is 94.9 Å². The molecule has 1 spiro atoms. The number of likely N-dealkylation sites (tertiary alicyclic amines) is 1. The van der Waals surface area contributed by atoms with Gasteiger partial charge < -0.3 is 24.8 Å². The van der Waals surface area contributed by atoms with E-state index in [0.717, 1.165) is 32.1 Å². The molecule has 2 saturated heterocycles. The molecule has 4 fully saturated rings. The van der Waals surface area contributed by atoms with Crippen LogP contribution >= 0.6 is 0 Å². The monoisotopic (exact) mass is 592 g/mol. The molecule has 2 aliphatic heterocycles. The molecule has 2 aromatic rings.